The summed E-state index contributed by atoms with van der Waals surface area (Å²) in [5.74, 6) is 0.904. The van der Waals surface area contributed by atoms with Gasteiger partial charge < -0.3 is 20.7 Å². The molecule has 7 heteroatoms. The maximum Gasteiger partial charge on any atom is 0.240 e. The number of nitrogens with one attached hydrogen (secondary N) is 1. The van der Waals surface area contributed by atoms with Crippen LogP contribution in [0.4, 0.5) is 5.69 Å². The van der Waals surface area contributed by atoms with Gasteiger partial charge in [-0.1, -0.05) is 25.3 Å². The zero-order valence-corrected chi connectivity index (χ0v) is 17.0. The molecule has 1 saturated carbocycles. The first-order valence-corrected chi connectivity index (χ1v) is 9.09. The predicted molar refractivity (Wildman–Crippen MR) is 111 cm³/mol. The summed E-state index contributed by atoms with van der Waals surface area (Å²) in [5, 5.41) is 3.22. The van der Waals surface area contributed by atoms with E-state index in [1.807, 2.05) is 12.1 Å². The van der Waals surface area contributed by atoms with E-state index in [0.29, 0.717) is 0 Å². The number of hydrogen-bond donors (Lipinski definition) is 2. The Morgan fingerprint density at radius 2 is 1.96 bits per heavy atom. The Bertz CT molecular complexity index is 580. The monoisotopic (exact) mass is 403 g/mol. The Morgan fingerprint density at radius 1 is 1.23 bits per heavy atom. The van der Waals surface area contributed by atoms with Gasteiger partial charge in [-0.2, -0.15) is 0 Å². The van der Waals surface area contributed by atoms with E-state index in [-0.39, 0.29) is 36.8 Å². The van der Waals surface area contributed by atoms with Gasteiger partial charge in [0.25, 0.3) is 0 Å². The molecule has 3 N–H and O–H groups in total. The SMILES string of the molecule is COc1cccc(N2CCCC(NC(=O)C3(N)CCCCC3)C2)c1.Cl.Cl. The first-order valence-electron chi connectivity index (χ1n) is 9.09. The zero-order chi connectivity index (χ0) is 17.0. The second-order valence-electron chi connectivity index (χ2n) is 7.18. The lowest BCUT2D eigenvalue weighted by Crippen LogP contribution is -2.59. The molecule has 1 aromatic rings. The Hall–Kier alpha value is -1.17. The summed E-state index contributed by atoms with van der Waals surface area (Å²) in [5.41, 5.74) is 6.85. The van der Waals surface area contributed by atoms with Crippen LogP contribution in [0, 0.1) is 0 Å². The van der Waals surface area contributed by atoms with E-state index < -0.39 is 5.54 Å². The van der Waals surface area contributed by atoms with Gasteiger partial charge >= 0.3 is 0 Å². The molecule has 0 radical (unpaired) electrons. The minimum Gasteiger partial charge on any atom is -0.497 e. The summed E-state index contributed by atoms with van der Waals surface area (Å²) < 4.78 is 5.32. The molecule has 1 unspecified atom stereocenters. The molecule has 3 rings (SSSR count). The standard InChI is InChI=1S/C19H29N3O2.2ClH/c1-24-17-9-5-8-16(13-17)22-12-6-7-15(14-22)21-18(23)19(20)10-3-2-4-11-19;;/h5,8-9,13,15H,2-4,6-7,10-12,14,20H2,1H3,(H,21,23);2*1H. The number of carbonyl (C=O) groups excluding carboxylic acids is 1. The molecule has 1 atom stereocenters. The molecule has 2 aliphatic rings. The number of piperidine rings is 1. The molecule has 2 fully saturated rings. The summed E-state index contributed by atoms with van der Waals surface area (Å²) in [7, 11) is 1.68. The largest absolute Gasteiger partial charge is 0.497 e. The van der Waals surface area contributed by atoms with Crippen LogP contribution in [0.25, 0.3) is 0 Å². The van der Waals surface area contributed by atoms with E-state index in [4.69, 9.17) is 10.5 Å². The molecule has 26 heavy (non-hydrogen) atoms. The van der Waals surface area contributed by atoms with Crippen molar-refractivity contribution < 1.29 is 9.53 Å². The third kappa shape index (κ3) is 5.41. The molecule has 148 valence electrons. The Kier molecular flexibility index (Phi) is 9.01. The second kappa shape index (κ2) is 10.2. The van der Waals surface area contributed by atoms with Crippen LogP contribution in [0.2, 0.25) is 0 Å². The van der Waals surface area contributed by atoms with Crippen LogP contribution >= 0.6 is 24.8 Å². The molecule has 1 heterocycles. The molecule has 1 aliphatic carbocycles. The number of nitrogens with zero attached hydrogens (tertiary/aromatic N) is 1. The maximum absolute atomic E-state index is 12.7. The number of benzene rings is 1. The van der Waals surface area contributed by atoms with Crippen molar-refractivity contribution in [3.8, 4) is 5.75 Å². The summed E-state index contributed by atoms with van der Waals surface area (Å²) in [6.45, 7) is 1.84. The van der Waals surface area contributed by atoms with E-state index in [1.165, 1.54) is 6.42 Å². The molecular weight excluding hydrogens is 373 g/mol. The van der Waals surface area contributed by atoms with Crippen LogP contribution in [0.15, 0.2) is 24.3 Å². The van der Waals surface area contributed by atoms with Gasteiger partial charge in [-0.05, 0) is 37.8 Å². The zero-order valence-electron chi connectivity index (χ0n) is 15.4. The Balaban J connectivity index is 0.00000169. The van der Waals surface area contributed by atoms with Crippen molar-refractivity contribution in [2.75, 3.05) is 25.1 Å². The van der Waals surface area contributed by atoms with Gasteiger partial charge in [0.2, 0.25) is 5.91 Å². The quantitative estimate of drug-likeness (QED) is 0.808. The summed E-state index contributed by atoms with van der Waals surface area (Å²) in [6, 6.07) is 8.27. The van der Waals surface area contributed by atoms with E-state index in [1.54, 1.807) is 7.11 Å². The maximum atomic E-state index is 12.7. The number of nitrogens with two attached hydrogens (primary N) is 1. The van der Waals surface area contributed by atoms with E-state index >= 15 is 0 Å². The number of anilines is 1. The van der Waals surface area contributed by atoms with Crippen molar-refractivity contribution in [3.63, 3.8) is 0 Å². The van der Waals surface area contributed by atoms with Crippen LogP contribution < -0.4 is 20.7 Å². The van der Waals surface area contributed by atoms with Gasteiger partial charge in [0.15, 0.2) is 0 Å². The highest BCUT2D eigenvalue weighted by Gasteiger charge is 2.36. The highest BCUT2D eigenvalue weighted by Crippen LogP contribution is 2.27. The third-order valence-corrected chi connectivity index (χ3v) is 5.37. The van der Waals surface area contributed by atoms with Gasteiger partial charge in [-0.25, -0.2) is 0 Å². The number of amides is 1. The lowest BCUT2D eigenvalue weighted by atomic mass is 9.81. The fourth-order valence-electron chi connectivity index (χ4n) is 3.88. The number of rotatable bonds is 4. The lowest BCUT2D eigenvalue weighted by molar-refractivity contribution is -0.128. The Labute approximate surface area is 168 Å². The van der Waals surface area contributed by atoms with Crippen molar-refractivity contribution in [2.24, 2.45) is 5.73 Å². The van der Waals surface area contributed by atoms with Crippen LogP contribution in [0.5, 0.6) is 5.75 Å². The number of halogens is 2. The molecule has 1 saturated heterocycles. The molecule has 0 spiro atoms. The van der Waals surface area contributed by atoms with Crippen molar-refractivity contribution in [3.05, 3.63) is 24.3 Å². The van der Waals surface area contributed by atoms with Gasteiger partial charge in [0, 0.05) is 30.9 Å². The van der Waals surface area contributed by atoms with Gasteiger partial charge in [-0.3, -0.25) is 4.79 Å². The van der Waals surface area contributed by atoms with Crippen molar-refractivity contribution >= 4 is 36.4 Å². The van der Waals surface area contributed by atoms with E-state index in [2.05, 4.69) is 22.3 Å². The van der Waals surface area contributed by atoms with Crippen LogP contribution in [-0.4, -0.2) is 37.7 Å². The number of carbonyl (C=O) groups is 1. The van der Waals surface area contributed by atoms with E-state index in [0.717, 1.165) is 63.1 Å². The van der Waals surface area contributed by atoms with Gasteiger partial charge in [0.05, 0.1) is 12.6 Å². The molecule has 0 bridgehead atoms. The normalized spacial score (nSPS) is 21.8. The fraction of sp³-hybridized carbons (Fsp3) is 0.632. The molecule has 0 aromatic heterocycles. The minimum absolute atomic E-state index is 0. The van der Waals surface area contributed by atoms with Crippen molar-refractivity contribution in [1.82, 2.24) is 5.32 Å². The number of methoxy groups -OCH3 is 1. The van der Waals surface area contributed by atoms with Crippen molar-refractivity contribution in [1.29, 1.82) is 0 Å². The summed E-state index contributed by atoms with van der Waals surface area (Å²) in [6.07, 6.45) is 7.02. The lowest BCUT2D eigenvalue weighted by Gasteiger charge is -2.38. The van der Waals surface area contributed by atoms with E-state index in [9.17, 15) is 4.79 Å². The van der Waals surface area contributed by atoms with Crippen molar-refractivity contribution in [2.45, 2.75) is 56.5 Å². The number of ether oxygens (including phenoxy) is 1. The average Bonchev–Trinajstić information content (AvgIpc) is 2.62. The topological polar surface area (TPSA) is 67.6 Å². The molecule has 1 amide bonds. The molecule has 1 aliphatic heterocycles. The molecular formula is C19H31Cl2N3O2. The number of hydrogen-bond acceptors (Lipinski definition) is 4. The summed E-state index contributed by atoms with van der Waals surface area (Å²) in [4.78, 5) is 15.0. The fourth-order valence-corrected chi connectivity index (χ4v) is 3.88. The highest BCUT2D eigenvalue weighted by atomic mass is 35.5. The smallest absolute Gasteiger partial charge is 0.240 e. The molecule has 1 aromatic carbocycles. The first-order chi connectivity index (χ1) is 11.6. The summed E-state index contributed by atoms with van der Waals surface area (Å²) >= 11 is 0. The highest BCUT2D eigenvalue weighted by molar-refractivity contribution is 5.86. The van der Waals surface area contributed by atoms with Crippen LogP contribution in [0.3, 0.4) is 0 Å². The molecule has 5 nitrogen and oxygen atoms in total. The van der Waals surface area contributed by atoms with Gasteiger partial charge in [0.1, 0.15) is 5.75 Å². The second-order valence-corrected chi connectivity index (χ2v) is 7.18. The predicted octanol–water partition coefficient (Wildman–Crippen LogP) is 3.29. The first kappa shape index (κ1) is 22.9. The third-order valence-electron chi connectivity index (χ3n) is 5.37. The average molecular weight is 404 g/mol. The van der Waals surface area contributed by atoms with Crippen LogP contribution in [0.1, 0.15) is 44.9 Å². The van der Waals surface area contributed by atoms with Crippen LogP contribution in [-0.2, 0) is 4.79 Å². The minimum atomic E-state index is -0.656. The Morgan fingerprint density at radius 3 is 2.65 bits per heavy atom. The van der Waals surface area contributed by atoms with Gasteiger partial charge in [-0.15, -0.1) is 24.8 Å².